The van der Waals surface area contributed by atoms with Crippen molar-refractivity contribution >= 4 is 11.8 Å². The van der Waals surface area contributed by atoms with Crippen LogP contribution in [0.2, 0.25) is 0 Å². The lowest BCUT2D eigenvalue weighted by Crippen LogP contribution is -2.15. The molecule has 0 radical (unpaired) electrons. The summed E-state index contributed by atoms with van der Waals surface area (Å²) in [7, 11) is 0. The highest BCUT2D eigenvalue weighted by Gasteiger charge is 2.17. The number of nitrogens with zero attached hydrogens (tertiary/aromatic N) is 7. The van der Waals surface area contributed by atoms with Gasteiger partial charge in [-0.15, -0.1) is 10.2 Å². The minimum atomic E-state index is -1.11. The number of hydrogen-bond acceptors (Lipinski definition) is 10. The molecule has 14 heteroatoms. The summed E-state index contributed by atoms with van der Waals surface area (Å²) in [6.45, 7) is 16.4. The van der Waals surface area contributed by atoms with Crippen molar-refractivity contribution in [3.05, 3.63) is 82.7 Å². The van der Waals surface area contributed by atoms with Gasteiger partial charge in [-0.25, -0.2) is 14.8 Å². The van der Waals surface area contributed by atoms with E-state index in [9.17, 15) is 4.79 Å². The second-order valence-electron chi connectivity index (χ2n) is 11.9. The number of aromatic amines is 2. The third-order valence-corrected chi connectivity index (χ3v) is 6.17. The maximum atomic E-state index is 10.1. The van der Waals surface area contributed by atoms with Gasteiger partial charge in [0.15, 0.2) is 5.84 Å². The third kappa shape index (κ3) is 10.6. The van der Waals surface area contributed by atoms with Gasteiger partial charge < -0.3 is 20.6 Å². The largest absolute Gasteiger partial charge is 0.475 e. The van der Waals surface area contributed by atoms with E-state index in [1.54, 1.807) is 6.92 Å². The van der Waals surface area contributed by atoms with E-state index in [2.05, 4.69) is 99.3 Å². The van der Waals surface area contributed by atoms with Crippen molar-refractivity contribution in [2.24, 2.45) is 10.9 Å². The number of carboxylic acid groups (broad SMARTS) is 1. The SMILES string of the molecule is C.C.CC(C)(C)c1ccc(C(N)=NO)cc1.Cc1nc(-c2nc(-c3ccc(C(C)(C)C)cc3)no2)n[nH]1.Cc1nc(C(=O)O)n[nH]1. The van der Waals surface area contributed by atoms with Crippen molar-refractivity contribution in [2.75, 3.05) is 0 Å². The fourth-order valence-corrected chi connectivity index (χ4v) is 3.63. The number of aromatic carboxylic acids is 1. The van der Waals surface area contributed by atoms with Crippen LogP contribution < -0.4 is 5.73 Å². The highest BCUT2D eigenvalue weighted by molar-refractivity contribution is 5.97. The van der Waals surface area contributed by atoms with E-state index in [0.717, 1.165) is 11.1 Å². The average Bonchev–Trinajstić information content (AvgIpc) is 3.74. The lowest BCUT2D eigenvalue weighted by Gasteiger charge is -2.18. The molecule has 3 aromatic heterocycles. The van der Waals surface area contributed by atoms with Gasteiger partial charge in [0.25, 0.3) is 11.7 Å². The molecule has 3 heterocycles. The molecule has 0 fully saturated rings. The summed E-state index contributed by atoms with van der Waals surface area (Å²) in [5.74, 6) is 1.32. The molecule has 5 aromatic rings. The van der Waals surface area contributed by atoms with Gasteiger partial charge in [0.1, 0.15) is 11.6 Å². The number of nitrogens with two attached hydrogens (primary N) is 1. The van der Waals surface area contributed by atoms with Crippen LogP contribution in [0.15, 0.2) is 58.2 Å². The fourth-order valence-electron chi connectivity index (χ4n) is 3.63. The number of aromatic nitrogens is 8. The van der Waals surface area contributed by atoms with Crippen molar-refractivity contribution in [1.29, 1.82) is 0 Å². The highest BCUT2D eigenvalue weighted by atomic mass is 16.5. The Balaban J connectivity index is 0.000000368. The number of benzene rings is 2. The number of oxime groups is 1. The van der Waals surface area contributed by atoms with Gasteiger partial charge in [-0.3, -0.25) is 10.2 Å². The van der Waals surface area contributed by atoms with Gasteiger partial charge in [-0.1, -0.05) is 115 Å². The predicted octanol–water partition coefficient (Wildman–Crippen LogP) is 6.29. The fraction of sp³-hybridized carbons (Fsp3) is 0.375. The van der Waals surface area contributed by atoms with E-state index >= 15 is 0 Å². The van der Waals surface area contributed by atoms with Crippen molar-refractivity contribution < 1.29 is 19.6 Å². The van der Waals surface area contributed by atoms with Gasteiger partial charge in [-0.05, 0) is 35.8 Å². The molecule has 0 spiro atoms. The zero-order valence-electron chi connectivity index (χ0n) is 26.0. The van der Waals surface area contributed by atoms with Crippen LogP contribution in [0.1, 0.15) is 95.4 Å². The van der Waals surface area contributed by atoms with Crippen LogP contribution in [-0.4, -0.2) is 62.6 Å². The lowest BCUT2D eigenvalue weighted by atomic mass is 9.86. The Hall–Kier alpha value is -5.40. The van der Waals surface area contributed by atoms with Crippen molar-refractivity contribution in [3.8, 4) is 23.1 Å². The van der Waals surface area contributed by atoms with Gasteiger partial charge in [0.2, 0.25) is 11.6 Å². The first kappa shape index (κ1) is 38.6. The summed E-state index contributed by atoms with van der Waals surface area (Å²) < 4.78 is 5.21. The molecule has 2 aromatic carbocycles. The molecule has 248 valence electrons. The van der Waals surface area contributed by atoms with E-state index in [4.69, 9.17) is 20.6 Å². The zero-order valence-corrected chi connectivity index (χ0v) is 26.0. The second-order valence-corrected chi connectivity index (χ2v) is 11.9. The Morgan fingerprint density at radius 3 is 1.67 bits per heavy atom. The van der Waals surface area contributed by atoms with Crippen LogP contribution in [0.25, 0.3) is 23.1 Å². The van der Waals surface area contributed by atoms with E-state index in [1.807, 2.05) is 43.3 Å². The van der Waals surface area contributed by atoms with Crippen LogP contribution in [0.3, 0.4) is 0 Å². The van der Waals surface area contributed by atoms with Gasteiger partial charge >= 0.3 is 5.97 Å². The third-order valence-electron chi connectivity index (χ3n) is 6.17. The summed E-state index contributed by atoms with van der Waals surface area (Å²) >= 11 is 0. The number of aryl methyl sites for hydroxylation is 2. The number of hydrogen-bond donors (Lipinski definition) is 5. The minimum Gasteiger partial charge on any atom is -0.475 e. The molecule has 0 aliphatic heterocycles. The first-order chi connectivity index (χ1) is 20.6. The van der Waals surface area contributed by atoms with Crippen molar-refractivity contribution in [1.82, 2.24) is 40.5 Å². The van der Waals surface area contributed by atoms with Crippen molar-refractivity contribution in [3.63, 3.8) is 0 Å². The number of H-pyrrole nitrogens is 2. The Bertz CT molecular complexity index is 1690. The van der Waals surface area contributed by atoms with Crippen LogP contribution in [0.4, 0.5) is 0 Å². The molecule has 0 unspecified atom stereocenters. The molecule has 5 rings (SSSR count). The maximum absolute atomic E-state index is 10.1. The van der Waals surface area contributed by atoms with Gasteiger partial charge in [0, 0.05) is 11.1 Å². The first-order valence-electron chi connectivity index (χ1n) is 13.6. The molecule has 0 aliphatic carbocycles. The van der Waals surface area contributed by atoms with Gasteiger partial charge in [-0.2, -0.15) is 4.98 Å². The molecule has 0 saturated heterocycles. The van der Waals surface area contributed by atoms with E-state index in [0.29, 0.717) is 29.2 Å². The smallest absolute Gasteiger partial charge is 0.375 e. The summed E-state index contributed by atoms with van der Waals surface area (Å²) in [5, 5.41) is 36.2. The Labute approximate surface area is 269 Å². The zero-order chi connectivity index (χ0) is 32.7. The van der Waals surface area contributed by atoms with E-state index in [-0.39, 0.29) is 37.3 Å². The Morgan fingerprint density at radius 1 is 0.783 bits per heavy atom. The summed E-state index contributed by atoms with van der Waals surface area (Å²) in [5.41, 5.74) is 9.84. The highest BCUT2D eigenvalue weighted by Crippen LogP contribution is 2.26. The predicted molar refractivity (Wildman–Crippen MR) is 178 cm³/mol. The molecule has 0 bridgehead atoms. The Morgan fingerprint density at radius 2 is 1.28 bits per heavy atom. The van der Waals surface area contributed by atoms with Crippen LogP contribution >= 0.6 is 0 Å². The lowest BCUT2D eigenvalue weighted by molar-refractivity contribution is 0.0684. The number of rotatable bonds is 4. The van der Waals surface area contributed by atoms with E-state index < -0.39 is 5.97 Å². The average molecular weight is 635 g/mol. The Kier molecular flexibility index (Phi) is 13.5. The summed E-state index contributed by atoms with van der Waals surface area (Å²) in [6, 6.07) is 15.9. The minimum absolute atomic E-state index is 0. The second kappa shape index (κ2) is 16.1. The van der Waals surface area contributed by atoms with E-state index in [1.165, 1.54) is 11.1 Å². The molecular weight excluding hydrogens is 588 g/mol. The topological polar surface area (TPSA) is 218 Å². The summed E-state index contributed by atoms with van der Waals surface area (Å²) in [6.07, 6.45) is 0. The number of amidine groups is 1. The molecular formula is C32H46N10O4. The van der Waals surface area contributed by atoms with Gasteiger partial charge in [0.05, 0.1) is 0 Å². The monoisotopic (exact) mass is 634 g/mol. The quantitative estimate of drug-likeness (QED) is 0.0640. The normalized spacial score (nSPS) is 11.2. The van der Waals surface area contributed by atoms with Crippen LogP contribution in [0, 0.1) is 13.8 Å². The molecule has 0 atom stereocenters. The molecule has 46 heavy (non-hydrogen) atoms. The summed E-state index contributed by atoms with van der Waals surface area (Å²) in [4.78, 5) is 22.1. The number of carbonyl (C=O) groups is 1. The van der Waals surface area contributed by atoms with Crippen LogP contribution in [0.5, 0.6) is 0 Å². The first-order valence-corrected chi connectivity index (χ1v) is 13.6. The standard InChI is InChI=1S/C15H17N5O.C11H16N2O.C4H5N3O2.2CH4/c1-9-16-13(19-18-9)14-17-12(20-21-14)10-5-7-11(8-6-10)15(2,3)4;1-11(2,3)9-6-4-8(5-7-9)10(12)13-14;1-2-5-3(4(8)9)7-6-2;;/h5-8H,1-4H3,(H,16,18,19);4-7,14H,1-3H3,(H2,12,13);1H3,(H,8,9)(H,5,6,7);2*1H4. The molecule has 14 nitrogen and oxygen atoms in total. The molecule has 0 amide bonds. The molecule has 6 N–H and O–H groups in total. The number of carboxylic acids is 1. The molecule has 0 saturated carbocycles. The van der Waals surface area contributed by atoms with Crippen LogP contribution in [-0.2, 0) is 10.8 Å². The molecule has 0 aliphatic rings. The van der Waals surface area contributed by atoms with Crippen molar-refractivity contribution in [2.45, 2.75) is 81.1 Å². The maximum Gasteiger partial charge on any atom is 0.375 e. The number of nitrogens with one attached hydrogen (secondary N) is 2.